The third kappa shape index (κ3) is 11.6. The summed E-state index contributed by atoms with van der Waals surface area (Å²) in [6.07, 6.45) is 1.96. The van der Waals surface area contributed by atoms with Crippen molar-refractivity contribution in [3.05, 3.63) is 67.2 Å². The Balaban J connectivity index is 0.00000544. The van der Waals surface area contributed by atoms with Gasteiger partial charge >= 0.3 is 71.3 Å². The normalized spacial score (nSPS) is 10.2. The van der Waals surface area contributed by atoms with Gasteiger partial charge in [-0.1, -0.05) is 42.0 Å². The minimum Gasteiger partial charge on any atom is -0.464 e. The molecule has 12 nitrogen and oxygen atoms in total. The number of aromatic nitrogens is 1. The molecule has 0 radical (unpaired) electrons. The molecule has 0 fully saturated rings. The Bertz CT molecular complexity index is 975. The first-order valence-corrected chi connectivity index (χ1v) is 10.6. The molecule has 0 unspecified atom stereocenters. The average Bonchev–Trinajstić information content (AvgIpc) is 2.77. The van der Waals surface area contributed by atoms with Crippen LogP contribution in [0.5, 0.6) is 0 Å². The molecule has 2 rings (SSSR count). The number of anilines is 1. The molecule has 2 amide bonds. The number of amides is 2. The van der Waals surface area contributed by atoms with Crippen LogP contribution < -0.4 is 56.3 Å². The third-order valence-corrected chi connectivity index (χ3v) is 4.35. The molecule has 0 spiro atoms. The van der Waals surface area contributed by atoms with Gasteiger partial charge < -0.3 is 41.4 Å². The van der Waals surface area contributed by atoms with Crippen LogP contribution in [0.2, 0.25) is 0 Å². The Hall–Kier alpha value is -1.67. The minimum atomic E-state index is -4.86. The van der Waals surface area contributed by atoms with Crippen molar-refractivity contribution in [2.75, 3.05) is 25.3 Å². The maximum Gasteiger partial charge on any atom is 1.00 e. The van der Waals surface area contributed by atoms with E-state index in [0.29, 0.717) is 5.56 Å². The fourth-order valence-corrected chi connectivity index (χ4v) is 2.66. The molecule has 2 N–H and O–H groups in total. The van der Waals surface area contributed by atoms with Crippen LogP contribution in [0.1, 0.15) is 11.1 Å². The van der Waals surface area contributed by atoms with E-state index in [9.17, 15) is 18.9 Å². The van der Waals surface area contributed by atoms with E-state index >= 15 is 0 Å². The quantitative estimate of drug-likeness (QED) is 0.0920. The number of ether oxygens (including phenoxy) is 2. The van der Waals surface area contributed by atoms with Crippen LogP contribution >= 0.6 is 7.82 Å². The SMILES string of the molecule is CN([C-]=O)c1ncccc1CN(CC(=O)OCc1ccccc1)C(=O)OCOP(=O)(O)O.[CH3-].[K+]. The molecule has 1 heterocycles. The van der Waals surface area contributed by atoms with Crippen molar-refractivity contribution < 1.29 is 94.1 Å². The number of hydrogen-bond donors (Lipinski definition) is 2. The smallest absolute Gasteiger partial charge is 0.464 e. The Kier molecular flexibility index (Phi) is 15.3. The first kappa shape index (κ1) is 32.3. The number of carbonyl (C=O) groups is 2. The van der Waals surface area contributed by atoms with E-state index in [1.807, 2.05) is 6.07 Å². The van der Waals surface area contributed by atoms with Crippen molar-refractivity contribution in [2.24, 2.45) is 0 Å². The molecule has 0 saturated carbocycles. The largest absolute Gasteiger partial charge is 1.00 e. The molecule has 180 valence electrons. The van der Waals surface area contributed by atoms with Crippen molar-refractivity contribution >= 4 is 32.1 Å². The van der Waals surface area contributed by atoms with Gasteiger partial charge in [0.05, 0.1) is 6.41 Å². The molecule has 14 heteroatoms. The van der Waals surface area contributed by atoms with Crippen molar-refractivity contribution in [2.45, 2.75) is 13.2 Å². The van der Waals surface area contributed by atoms with Crippen LogP contribution in [0.3, 0.4) is 0 Å². The summed E-state index contributed by atoms with van der Waals surface area (Å²) >= 11 is 0. The molecule has 0 saturated heterocycles. The van der Waals surface area contributed by atoms with Gasteiger partial charge in [0.2, 0.25) is 6.79 Å². The zero-order chi connectivity index (χ0) is 23.6. The van der Waals surface area contributed by atoms with Crippen LogP contribution in [0.15, 0.2) is 48.7 Å². The van der Waals surface area contributed by atoms with Crippen LogP contribution in [0.25, 0.3) is 0 Å². The van der Waals surface area contributed by atoms with Crippen LogP contribution in [-0.4, -0.2) is 58.5 Å². The molecule has 0 aliphatic carbocycles. The first-order valence-electron chi connectivity index (χ1n) is 9.06. The van der Waals surface area contributed by atoms with Gasteiger partial charge in [-0.25, -0.2) is 13.9 Å². The van der Waals surface area contributed by atoms with Gasteiger partial charge in [0.15, 0.2) is 0 Å². The summed E-state index contributed by atoms with van der Waals surface area (Å²) in [4.78, 5) is 59.2. The van der Waals surface area contributed by atoms with Crippen molar-refractivity contribution in [1.82, 2.24) is 9.88 Å². The van der Waals surface area contributed by atoms with Crippen LogP contribution in [-0.2, 0) is 41.3 Å². The van der Waals surface area contributed by atoms with E-state index < -0.39 is 33.2 Å². The number of phosphoric ester groups is 1. The number of esters is 1. The number of carbonyl (C=O) groups excluding carboxylic acids is 3. The maximum atomic E-state index is 12.4. The second-order valence-electron chi connectivity index (χ2n) is 6.29. The monoisotopic (exact) mass is 520 g/mol. The summed E-state index contributed by atoms with van der Waals surface area (Å²) in [5, 5.41) is 0. The van der Waals surface area contributed by atoms with Crippen LogP contribution in [0.4, 0.5) is 10.6 Å². The molecule has 34 heavy (non-hydrogen) atoms. The van der Waals surface area contributed by atoms with E-state index in [0.717, 1.165) is 15.4 Å². The number of rotatable bonds is 11. The summed E-state index contributed by atoms with van der Waals surface area (Å²) in [5.74, 6) is -0.577. The van der Waals surface area contributed by atoms with Gasteiger partial charge in [-0.3, -0.25) is 9.69 Å². The second kappa shape index (κ2) is 16.1. The Morgan fingerprint density at radius 2 is 1.79 bits per heavy atom. The Labute approximate surface area is 239 Å². The molecule has 1 aromatic heterocycles. The minimum absolute atomic E-state index is 0. The van der Waals surface area contributed by atoms with Gasteiger partial charge in [-0.15, -0.1) is 0 Å². The number of benzene rings is 1. The topological polar surface area (TPSA) is 156 Å². The van der Waals surface area contributed by atoms with Gasteiger partial charge in [-0.2, -0.15) is 0 Å². The zero-order valence-corrected chi connectivity index (χ0v) is 23.0. The summed E-state index contributed by atoms with van der Waals surface area (Å²) in [6.45, 7) is -1.85. The fourth-order valence-electron chi connectivity index (χ4n) is 2.47. The van der Waals surface area contributed by atoms with Gasteiger partial charge in [0.1, 0.15) is 13.2 Å². The molecule has 0 bridgehead atoms. The predicted octanol–water partition coefficient (Wildman–Crippen LogP) is -1.21. The van der Waals surface area contributed by atoms with E-state index in [4.69, 9.17) is 19.3 Å². The molecule has 0 aliphatic rings. The van der Waals surface area contributed by atoms with Gasteiger partial charge in [0, 0.05) is 12.7 Å². The number of hydrogen-bond acceptors (Lipinski definition) is 8. The van der Waals surface area contributed by atoms with Crippen molar-refractivity contribution in [3.63, 3.8) is 0 Å². The van der Waals surface area contributed by atoms with E-state index in [1.165, 1.54) is 13.2 Å². The molecule has 0 aliphatic heterocycles. The standard InChI is InChI=1S/C19H21N3O9P.CH3.K/c1-21(13-23)18-16(8-5-9-20-18)10-22(19(25)30-14-31-32(26,27)28)11-17(24)29-12-15-6-3-2-4-7-15;;/h2-9H,10-12,14H2,1H3,(H2,26,27,28);1H3;/q2*-1;+1. The Morgan fingerprint density at radius 3 is 2.41 bits per heavy atom. The average molecular weight is 520 g/mol. The summed E-state index contributed by atoms with van der Waals surface area (Å²) in [6, 6.07) is 12.0. The van der Waals surface area contributed by atoms with E-state index in [1.54, 1.807) is 42.8 Å². The maximum absolute atomic E-state index is 12.4. The van der Waals surface area contributed by atoms with Crippen LogP contribution in [0, 0.1) is 7.43 Å². The summed E-state index contributed by atoms with van der Waals surface area (Å²) < 4.78 is 24.7. The predicted molar refractivity (Wildman–Crippen MR) is 116 cm³/mol. The first-order chi connectivity index (χ1) is 15.2. The molecule has 1 aromatic carbocycles. The van der Waals surface area contributed by atoms with Crippen molar-refractivity contribution in [3.8, 4) is 0 Å². The molecular formula is C20H24KN3O9P-. The Morgan fingerprint density at radius 1 is 1.12 bits per heavy atom. The zero-order valence-electron chi connectivity index (χ0n) is 19.0. The van der Waals surface area contributed by atoms with E-state index in [2.05, 4.69) is 9.51 Å². The van der Waals surface area contributed by atoms with Crippen molar-refractivity contribution in [1.29, 1.82) is 0 Å². The number of nitrogens with zero attached hydrogens (tertiary/aromatic N) is 3. The number of pyridine rings is 1. The van der Waals surface area contributed by atoms with Gasteiger partial charge in [0.25, 0.3) is 0 Å². The summed E-state index contributed by atoms with van der Waals surface area (Å²) in [7, 11) is -3.46. The molecule has 2 aromatic rings. The van der Waals surface area contributed by atoms with Gasteiger partial charge in [-0.05, 0) is 24.5 Å². The molecular weight excluding hydrogens is 496 g/mol. The number of phosphoric acid groups is 1. The third-order valence-electron chi connectivity index (χ3n) is 3.91. The molecule has 0 atom stereocenters. The van der Waals surface area contributed by atoms with E-state index in [-0.39, 0.29) is 77.8 Å². The second-order valence-corrected chi connectivity index (χ2v) is 7.53. The summed E-state index contributed by atoms with van der Waals surface area (Å²) in [5.41, 5.74) is 1.12. The fraction of sp³-hybridized carbons (Fsp3) is 0.250.